The minimum absolute atomic E-state index is 0.111. The largest absolute Gasteiger partial charge is 0.357 e. The molecule has 0 amide bonds. The Labute approximate surface area is 156 Å². The average Bonchev–Trinajstić information content (AvgIpc) is 2.68. The van der Waals surface area contributed by atoms with Crippen LogP contribution in [0.4, 0.5) is 5.82 Å². The van der Waals surface area contributed by atoms with E-state index in [0.29, 0.717) is 19.5 Å². The molecule has 2 N–H and O–H groups in total. The summed E-state index contributed by atoms with van der Waals surface area (Å²) in [6, 6.07) is 5.97. The van der Waals surface area contributed by atoms with Crippen LogP contribution in [0.5, 0.6) is 0 Å². The maximum Gasteiger partial charge on any atom is 0.211 e. The summed E-state index contributed by atoms with van der Waals surface area (Å²) in [6.07, 6.45) is 2.50. The second-order valence-corrected chi connectivity index (χ2v) is 8.14. The highest BCUT2D eigenvalue weighted by Gasteiger charge is 2.20. The molecular formula is C17H30N6O2S. The molecule has 8 nitrogen and oxygen atoms in total. The van der Waals surface area contributed by atoms with Gasteiger partial charge in [0.15, 0.2) is 5.96 Å². The van der Waals surface area contributed by atoms with Gasteiger partial charge in [-0.25, -0.2) is 18.1 Å². The predicted octanol–water partition coefficient (Wildman–Crippen LogP) is 0.499. The Morgan fingerprint density at radius 2 is 2.00 bits per heavy atom. The number of nitrogens with one attached hydrogen (secondary N) is 2. The van der Waals surface area contributed by atoms with E-state index in [1.54, 1.807) is 6.92 Å². The van der Waals surface area contributed by atoms with Crippen LogP contribution in [0.2, 0.25) is 0 Å². The first-order valence-corrected chi connectivity index (χ1v) is 10.9. The van der Waals surface area contributed by atoms with Crippen LogP contribution in [-0.4, -0.2) is 75.8 Å². The minimum Gasteiger partial charge on any atom is -0.357 e. The van der Waals surface area contributed by atoms with E-state index < -0.39 is 10.0 Å². The third kappa shape index (κ3) is 6.45. The lowest BCUT2D eigenvalue weighted by atomic mass is 10.3. The van der Waals surface area contributed by atoms with E-state index in [-0.39, 0.29) is 5.75 Å². The highest BCUT2D eigenvalue weighted by atomic mass is 32.2. The third-order valence-electron chi connectivity index (χ3n) is 4.19. The van der Waals surface area contributed by atoms with Crippen LogP contribution >= 0.6 is 0 Å². The number of rotatable bonds is 8. The normalized spacial score (nSPS) is 16.0. The van der Waals surface area contributed by atoms with E-state index in [0.717, 1.165) is 44.5 Å². The van der Waals surface area contributed by atoms with E-state index >= 15 is 0 Å². The van der Waals surface area contributed by atoms with Crippen molar-refractivity contribution in [3.8, 4) is 0 Å². The van der Waals surface area contributed by atoms with Gasteiger partial charge in [0.05, 0.1) is 5.75 Å². The molecule has 26 heavy (non-hydrogen) atoms. The number of hydrogen-bond acceptors (Lipinski definition) is 5. The van der Waals surface area contributed by atoms with E-state index in [2.05, 4.69) is 36.7 Å². The Morgan fingerprint density at radius 1 is 1.23 bits per heavy atom. The lowest BCUT2D eigenvalue weighted by Gasteiger charge is -2.37. The molecule has 1 fully saturated rings. The molecule has 2 rings (SSSR count). The number of piperazine rings is 1. The van der Waals surface area contributed by atoms with E-state index in [1.807, 2.05) is 24.4 Å². The summed E-state index contributed by atoms with van der Waals surface area (Å²) in [5.74, 6) is 2.02. The highest BCUT2D eigenvalue weighted by Crippen LogP contribution is 2.12. The number of anilines is 1. The van der Waals surface area contributed by atoms with Crippen LogP contribution < -0.4 is 14.9 Å². The summed E-state index contributed by atoms with van der Waals surface area (Å²) in [5, 5.41) is 3.33. The number of guanidine groups is 1. The second-order valence-electron chi connectivity index (χ2n) is 6.05. The molecule has 1 aromatic rings. The molecule has 2 heterocycles. The summed E-state index contributed by atoms with van der Waals surface area (Å²) in [6.45, 7) is 9.07. The van der Waals surface area contributed by atoms with Gasteiger partial charge in [0.1, 0.15) is 5.82 Å². The fraction of sp³-hybridized carbons (Fsp3) is 0.647. The minimum atomic E-state index is -3.12. The standard InChI is InChI=1S/C17H30N6O2S/c1-3-18-17(20-10-7-11-21-26(24,25)4-2)23-14-12-22(13-15-23)16-8-5-6-9-19-16/h5-6,8-9,21H,3-4,7,10-15H2,1-2H3,(H,18,20). The molecule has 1 aromatic heterocycles. The second kappa shape index (κ2) is 10.3. The van der Waals surface area contributed by atoms with Crippen LogP contribution in [-0.2, 0) is 10.0 Å². The van der Waals surface area contributed by atoms with Crippen LogP contribution in [0, 0.1) is 0 Å². The summed E-state index contributed by atoms with van der Waals surface area (Å²) in [4.78, 5) is 13.6. The Balaban J connectivity index is 1.82. The number of nitrogens with zero attached hydrogens (tertiary/aromatic N) is 4. The van der Waals surface area contributed by atoms with Gasteiger partial charge < -0.3 is 15.1 Å². The summed E-state index contributed by atoms with van der Waals surface area (Å²) >= 11 is 0. The Morgan fingerprint density at radius 3 is 2.62 bits per heavy atom. The van der Waals surface area contributed by atoms with Gasteiger partial charge in [-0.15, -0.1) is 0 Å². The first-order chi connectivity index (χ1) is 12.6. The zero-order valence-electron chi connectivity index (χ0n) is 15.7. The van der Waals surface area contributed by atoms with Crippen LogP contribution in [0.25, 0.3) is 0 Å². The molecule has 0 saturated carbocycles. The average molecular weight is 383 g/mol. The van der Waals surface area contributed by atoms with Crippen molar-refractivity contribution in [1.29, 1.82) is 0 Å². The third-order valence-corrected chi connectivity index (χ3v) is 5.59. The summed E-state index contributed by atoms with van der Waals surface area (Å²) in [5.41, 5.74) is 0. The lowest BCUT2D eigenvalue weighted by molar-refractivity contribution is 0.371. The van der Waals surface area contributed by atoms with E-state index in [1.165, 1.54) is 0 Å². The maximum absolute atomic E-state index is 11.4. The van der Waals surface area contributed by atoms with Gasteiger partial charge >= 0.3 is 0 Å². The fourth-order valence-electron chi connectivity index (χ4n) is 2.71. The van der Waals surface area contributed by atoms with E-state index in [4.69, 9.17) is 0 Å². The number of aliphatic imine (C=N–C) groups is 1. The van der Waals surface area contributed by atoms with Crippen molar-refractivity contribution in [2.75, 3.05) is 56.5 Å². The molecule has 0 radical (unpaired) electrons. The number of pyridine rings is 1. The monoisotopic (exact) mass is 382 g/mol. The number of sulfonamides is 1. The van der Waals surface area contributed by atoms with Crippen molar-refractivity contribution in [2.45, 2.75) is 20.3 Å². The first kappa shape index (κ1) is 20.4. The molecule has 0 atom stereocenters. The molecular weight excluding hydrogens is 352 g/mol. The lowest BCUT2D eigenvalue weighted by Crippen LogP contribution is -2.52. The van der Waals surface area contributed by atoms with E-state index in [9.17, 15) is 8.42 Å². The molecule has 0 unspecified atom stereocenters. The quantitative estimate of drug-likeness (QED) is 0.387. The van der Waals surface area contributed by atoms with Gasteiger partial charge in [0.2, 0.25) is 10.0 Å². The van der Waals surface area contributed by atoms with Crippen molar-refractivity contribution in [2.24, 2.45) is 4.99 Å². The van der Waals surface area contributed by atoms with Gasteiger partial charge in [0, 0.05) is 52.0 Å². The van der Waals surface area contributed by atoms with Crippen LogP contribution in [0.1, 0.15) is 20.3 Å². The van der Waals surface area contributed by atoms with Gasteiger partial charge in [0.25, 0.3) is 0 Å². The van der Waals surface area contributed by atoms with Crippen molar-refractivity contribution in [3.05, 3.63) is 24.4 Å². The molecule has 1 aliphatic rings. The molecule has 0 spiro atoms. The first-order valence-electron chi connectivity index (χ1n) is 9.22. The Hall–Kier alpha value is -1.87. The Kier molecular flexibility index (Phi) is 8.11. The summed E-state index contributed by atoms with van der Waals surface area (Å²) < 4.78 is 25.4. The zero-order chi connectivity index (χ0) is 18.8. The van der Waals surface area contributed by atoms with Gasteiger partial charge in [-0.05, 0) is 32.4 Å². The highest BCUT2D eigenvalue weighted by molar-refractivity contribution is 7.89. The van der Waals surface area contributed by atoms with Crippen molar-refractivity contribution in [1.82, 2.24) is 19.9 Å². The van der Waals surface area contributed by atoms with Gasteiger partial charge in [-0.2, -0.15) is 0 Å². The number of aromatic nitrogens is 1. The number of hydrogen-bond donors (Lipinski definition) is 2. The van der Waals surface area contributed by atoms with Crippen molar-refractivity contribution in [3.63, 3.8) is 0 Å². The predicted molar refractivity (Wildman–Crippen MR) is 106 cm³/mol. The molecule has 0 bridgehead atoms. The van der Waals surface area contributed by atoms with Crippen molar-refractivity contribution < 1.29 is 8.42 Å². The van der Waals surface area contributed by atoms with Gasteiger partial charge in [-0.1, -0.05) is 6.07 Å². The molecule has 146 valence electrons. The molecule has 1 saturated heterocycles. The van der Waals surface area contributed by atoms with Crippen LogP contribution in [0.3, 0.4) is 0 Å². The fourth-order valence-corrected chi connectivity index (χ4v) is 3.37. The van der Waals surface area contributed by atoms with Crippen LogP contribution in [0.15, 0.2) is 29.4 Å². The maximum atomic E-state index is 11.4. The SMILES string of the molecule is CCNC(=NCCCNS(=O)(=O)CC)N1CCN(c2ccccn2)CC1. The zero-order valence-corrected chi connectivity index (χ0v) is 16.5. The van der Waals surface area contributed by atoms with Gasteiger partial charge in [-0.3, -0.25) is 4.99 Å². The molecule has 9 heteroatoms. The molecule has 1 aliphatic heterocycles. The topological polar surface area (TPSA) is 89.9 Å². The summed E-state index contributed by atoms with van der Waals surface area (Å²) in [7, 11) is -3.12. The molecule has 0 aliphatic carbocycles. The Bertz CT molecular complexity index is 657. The molecule has 0 aromatic carbocycles. The van der Waals surface area contributed by atoms with Crippen molar-refractivity contribution >= 4 is 21.8 Å². The smallest absolute Gasteiger partial charge is 0.211 e.